The minimum atomic E-state index is -0.514. The van der Waals surface area contributed by atoms with Crippen molar-refractivity contribution in [2.45, 2.75) is 37.1 Å². The highest BCUT2D eigenvalue weighted by Crippen LogP contribution is 2.44. The number of halogens is 1. The molecule has 0 aromatic heterocycles. The molecule has 0 aliphatic heterocycles. The van der Waals surface area contributed by atoms with Crippen molar-refractivity contribution in [2.75, 3.05) is 18.6 Å². The van der Waals surface area contributed by atoms with E-state index in [-0.39, 0.29) is 24.4 Å². The maximum absolute atomic E-state index is 13.1. The van der Waals surface area contributed by atoms with Crippen molar-refractivity contribution in [3.05, 3.63) is 35.6 Å². The molecule has 1 unspecified atom stereocenters. The van der Waals surface area contributed by atoms with Crippen molar-refractivity contribution >= 4 is 17.7 Å². The van der Waals surface area contributed by atoms with Crippen LogP contribution in [-0.2, 0) is 10.2 Å². The van der Waals surface area contributed by atoms with E-state index in [9.17, 15) is 9.18 Å². The van der Waals surface area contributed by atoms with E-state index >= 15 is 0 Å². The van der Waals surface area contributed by atoms with Gasteiger partial charge in [-0.2, -0.15) is 11.8 Å². The fourth-order valence-corrected chi connectivity index (χ4v) is 3.48. The maximum atomic E-state index is 13.1. The predicted molar refractivity (Wildman–Crippen MR) is 83.9 cm³/mol. The lowest BCUT2D eigenvalue weighted by atomic mass is 9.63. The number of nitrogens with one attached hydrogen (secondary N) is 1. The Hall–Kier alpha value is -1.07. The second-order valence-corrected chi connectivity index (χ2v) is 6.49. The molecule has 1 amide bonds. The number of benzene rings is 1. The topological polar surface area (TPSA) is 49.3 Å². The quantitative estimate of drug-likeness (QED) is 0.813. The summed E-state index contributed by atoms with van der Waals surface area (Å²) in [5.74, 6) is 0.508. The molecule has 1 fully saturated rings. The molecule has 1 atom stereocenters. The zero-order valence-electron chi connectivity index (χ0n) is 12.3. The van der Waals surface area contributed by atoms with Crippen molar-refractivity contribution < 1.29 is 14.3 Å². The summed E-state index contributed by atoms with van der Waals surface area (Å²) in [6, 6.07) is 6.23. The van der Waals surface area contributed by atoms with Crippen molar-refractivity contribution in [1.82, 2.24) is 5.32 Å². The smallest absolute Gasteiger partial charge is 0.230 e. The lowest BCUT2D eigenvalue weighted by molar-refractivity contribution is -0.130. The molecule has 0 heterocycles. The molecular weight excluding hydrogens is 289 g/mol. The fourth-order valence-electron chi connectivity index (χ4n) is 2.82. The van der Waals surface area contributed by atoms with Crippen molar-refractivity contribution in [1.29, 1.82) is 0 Å². The van der Waals surface area contributed by atoms with Gasteiger partial charge in [-0.3, -0.25) is 4.79 Å². The largest absolute Gasteiger partial charge is 0.396 e. The summed E-state index contributed by atoms with van der Waals surface area (Å²) >= 11 is 1.65. The fraction of sp³-hybridized carbons (Fsp3) is 0.562. The SMILES string of the molecule is CSCC(CCO)NC(=O)C1(c2ccc(F)cc2)CCC1. The van der Waals surface area contributed by atoms with Crippen LogP contribution in [0, 0.1) is 5.82 Å². The Kier molecular flexibility index (Phi) is 5.65. The van der Waals surface area contributed by atoms with Crippen molar-refractivity contribution in [3.63, 3.8) is 0 Å². The summed E-state index contributed by atoms with van der Waals surface area (Å²) in [6.45, 7) is 0.0645. The van der Waals surface area contributed by atoms with Crippen molar-refractivity contribution in [3.8, 4) is 0 Å². The molecule has 1 aliphatic rings. The molecule has 1 aliphatic carbocycles. The van der Waals surface area contributed by atoms with Gasteiger partial charge >= 0.3 is 0 Å². The number of aliphatic hydroxyl groups is 1. The second kappa shape index (κ2) is 7.27. The molecule has 116 valence electrons. The van der Waals surface area contributed by atoms with E-state index in [1.54, 1.807) is 23.9 Å². The summed E-state index contributed by atoms with van der Waals surface area (Å²) in [6.07, 6.45) is 5.16. The van der Waals surface area contributed by atoms with Gasteiger partial charge in [0.15, 0.2) is 0 Å². The third-order valence-corrected chi connectivity index (χ3v) is 4.95. The van der Waals surface area contributed by atoms with E-state index in [2.05, 4.69) is 5.32 Å². The van der Waals surface area contributed by atoms with Gasteiger partial charge in [-0.25, -0.2) is 4.39 Å². The minimum absolute atomic E-state index is 0.00728. The highest BCUT2D eigenvalue weighted by atomic mass is 32.2. The number of hydrogen-bond acceptors (Lipinski definition) is 3. The number of carbonyl (C=O) groups excluding carboxylic acids is 1. The third kappa shape index (κ3) is 3.58. The number of amides is 1. The van der Waals surface area contributed by atoms with Crippen LogP contribution < -0.4 is 5.32 Å². The van der Waals surface area contributed by atoms with Gasteiger partial charge in [-0.1, -0.05) is 18.6 Å². The normalized spacial score (nSPS) is 17.9. The van der Waals surface area contributed by atoms with E-state index < -0.39 is 5.41 Å². The second-order valence-electron chi connectivity index (χ2n) is 5.58. The highest BCUT2D eigenvalue weighted by Gasteiger charge is 2.45. The first-order valence-corrected chi connectivity index (χ1v) is 8.68. The molecule has 2 rings (SSSR count). The molecule has 1 aromatic rings. The van der Waals surface area contributed by atoms with Gasteiger partial charge in [-0.15, -0.1) is 0 Å². The molecule has 2 N–H and O–H groups in total. The number of carbonyl (C=O) groups is 1. The monoisotopic (exact) mass is 311 g/mol. The summed E-state index contributed by atoms with van der Waals surface area (Å²) in [7, 11) is 0. The summed E-state index contributed by atoms with van der Waals surface area (Å²) in [4.78, 5) is 12.7. The molecule has 1 aromatic carbocycles. The van der Waals surface area contributed by atoms with Gasteiger partial charge in [0.05, 0.1) is 5.41 Å². The standard InChI is InChI=1S/C16H22FNO2S/c1-21-11-14(7-10-19)18-15(20)16(8-2-9-16)12-3-5-13(17)6-4-12/h3-6,14,19H,2,7-11H2,1H3,(H,18,20). The van der Waals surface area contributed by atoms with Gasteiger partial charge in [0.25, 0.3) is 0 Å². The van der Waals surface area contributed by atoms with E-state index in [1.807, 2.05) is 6.26 Å². The van der Waals surface area contributed by atoms with Gasteiger partial charge in [0.1, 0.15) is 5.82 Å². The molecule has 3 nitrogen and oxygen atoms in total. The Balaban J connectivity index is 2.12. The van der Waals surface area contributed by atoms with E-state index in [4.69, 9.17) is 5.11 Å². The Morgan fingerprint density at radius 2 is 2.10 bits per heavy atom. The first-order chi connectivity index (χ1) is 10.1. The van der Waals surface area contributed by atoms with Gasteiger partial charge in [0, 0.05) is 18.4 Å². The Morgan fingerprint density at radius 1 is 1.43 bits per heavy atom. The Bertz CT molecular complexity index is 468. The summed E-state index contributed by atoms with van der Waals surface area (Å²) in [5.41, 5.74) is 0.374. The molecule has 0 spiro atoms. The molecule has 0 bridgehead atoms. The van der Waals surface area contributed by atoms with E-state index in [1.165, 1.54) is 12.1 Å². The first-order valence-electron chi connectivity index (χ1n) is 7.29. The predicted octanol–water partition coefficient (Wildman–Crippen LogP) is 2.48. The van der Waals surface area contributed by atoms with Crippen LogP contribution in [0.3, 0.4) is 0 Å². The van der Waals surface area contributed by atoms with Gasteiger partial charge in [0.2, 0.25) is 5.91 Å². The number of rotatable bonds is 7. The zero-order valence-corrected chi connectivity index (χ0v) is 13.1. The Morgan fingerprint density at radius 3 is 2.57 bits per heavy atom. The average molecular weight is 311 g/mol. The van der Waals surface area contributed by atoms with Crippen LogP contribution in [0.5, 0.6) is 0 Å². The van der Waals surface area contributed by atoms with Gasteiger partial charge in [-0.05, 0) is 43.2 Å². The van der Waals surface area contributed by atoms with Crippen LogP contribution in [0.25, 0.3) is 0 Å². The number of aliphatic hydroxyl groups excluding tert-OH is 1. The van der Waals surface area contributed by atoms with Crippen LogP contribution in [0.1, 0.15) is 31.2 Å². The maximum Gasteiger partial charge on any atom is 0.230 e. The van der Waals surface area contributed by atoms with Gasteiger partial charge < -0.3 is 10.4 Å². The highest BCUT2D eigenvalue weighted by molar-refractivity contribution is 7.98. The zero-order chi connectivity index (χ0) is 15.3. The third-order valence-electron chi connectivity index (χ3n) is 4.22. The molecule has 5 heteroatoms. The summed E-state index contributed by atoms with van der Waals surface area (Å²) in [5, 5.41) is 12.2. The number of hydrogen-bond donors (Lipinski definition) is 2. The number of thioether (sulfide) groups is 1. The lowest BCUT2D eigenvalue weighted by Gasteiger charge is -2.41. The van der Waals surface area contributed by atoms with Crippen LogP contribution in [0.15, 0.2) is 24.3 Å². The van der Waals surface area contributed by atoms with Crippen molar-refractivity contribution in [2.24, 2.45) is 0 Å². The first kappa shape index (κ1) is 16.3. The van der Waals surface area contributed by atoms with E-state index in [0.29, 0.717) is 6.42 Å². The van der Waals surface area contributed by atoms with Crippen LogP contribution >= 0.6 is 11.8 Å². The van der Waals surface area contributed by atoms with E-state index in [0.717, 1.165) is 30.6 Å². The molecule has 0 saturated heterocycles. The minimum Gasteiger partial charge on any atom is -0.396 e. The lowest BCUT2D eigenvalue weighted by Crippen LogP contribution is -2.52. The summed E-state index contributed by atoms with van der Waals surface area (Å²) < 4.78 is 13.1. The molecule has 0 radical (unpaired) electrons. The molecular formula is C16H22FNO2S. The molecule has 21 heavy (non-hydrogen) atoms. The molecule has 1 saturated carbocycles. The van der Waals surface area contributed by atoms with Crippen LogP contribution in [0.4, 0.5) is 4.39 Å². The Labute approximate surface area is 129 Å². The average Bonchev–Trinajstić information content (AvgIpc) is 2.40. The van der Waals surface area contributed by atoms with Crippen LogP contribution in [-0.4, -0.2) is 35.7 Å². The van der Waals surface area contributed by atoms with Crippen LogP contribution in [0.2, 0.25) is 0 Å².